The molecule has 0 saturated carbocycles. The molecule has 0 spiro atoms. The van der Waals surface area contributed by atoms with Crippen molar-refractivity contribution >= 4 is 17.5 Å². The maximum absolute atomic E-state index is 12.3. The van der Waals surface area contributed by atoms with E-state index in [2.05, 4.69) is 5.32 Å². The number of amides is 2. The summed E-state index contributed by atoms with van der Waals surface area (Å²) < 4.78 is 16.1. The van der Waals surface area contributed by atoms with E-state index in [4.69, 9.17) is 13.9 Å². The van der Waals surface area contributed by atoms with Gasteiger partial charge in [0, 0.05) is 24.7 Å². The van der Waals surface area contributed by atoms with Gasteiger partial charge in [0.1, 0.15) is 13.2 Å². The quantitative estimate of drug-likeness (QED) is 0.925. The fraction of sp³-hybridized carbons (Fsp3) is 0.294. The number of nitrogens with one attached hydrogen (secondary N) is 1. The highest BCUT2D eigenvalue weighted by molar-refractivity contribution is 5.98. The summed E-state index contributed by atoms with van der Waals surface area (Å²) in [6.45, 7) is 1.42. The van der Waals surface area contributed by atoms with E-state index in [9.17, 15) is 9.59 Å². The van der Waals surface area contributed by atoms with E-state index < -0.39 is 0 Å². The van der Waals surface area contributed by atoms with Crippen LogP contribution in [0, 0.1) is 0 Å². The number of furan rings is 1. The molecule has 3 heterocycles. The van der Waals surface area contributed by atoms with Crippen molar-refractivity contribution in [3.05, 3.63) is 42.4 Å². The number of anilines is 1. The van der Waals surface area contributed by atoms with Crippen LogP contribution in [0.1, 0.15) is 17.0 Å². The molecule has 0 aliphatic carbocycles. The fourth-order valence-electron chi connectivity index (χ4n) is 2.92. The highest BCUT2D eigenvalue weighted by Crippen LogP contribution is 2.35. The smallest absolute Gasteiger partial charge is 0.287 e. The molecule has 2 aliphatic rings. The highest BCUT2D eigenvalue weighted by atomic mass is 16.6. The molecule has 1 saturated heterocycles. The van der Waals surface area contributed by atoms with Crippen LogP contribution in [0.4, 0.5) is 5.69 Å². The highest BCUT2D eigenvalue weighted by Gasteiger charge is 2.32. The molecule has 0 bridgehead atoms. The topological polar surface area (TPSA) is 81.0 Å². The first-order valence-electron chi connectivity index (χ1n) is 7.75. The average molecular weight is 328 g/mol. The Morgan fingerprint density at radius 3 is 2.79 bits per heavy atom. The summed E-state index contributed by atoms with van der Waals surface area (Å²) in [5, 5.41) is 2.82. The van der Waals surface area contributed by atoms with Gasteiger partial charge in [-0.05, 0) is 24.3 Å². The van der Waals surface area contributed by atoms with Crippen molar-refractivity contribution in [1.82, 2.24) is 5.32 Å². The van der Waals surface area contributed by atoms with Crippen LogP contribution in [-0.4, -0.2) is 37.6 Å². The largest absolute Gasteiger partial charge is 0.486 e. The minimum absolute atomic E-state index is 0.0450. The lowest BCUT2D eigenvalue weighted by Crippen LogP contribution is -2.37. The van der Waals surface area contributed by atoms with Gasteiger partial charge in [0.25, 0.3) is 5.91 Å². The van der Waals surface area contributed by atoms with Crippen molar-refractivity contribution in [2.24, 2.45) is 0 Å². The summed E-state index contributed by atoms with van der Waals surface area (Å²) in [6, 6.07) is 8.39. The monoisotopic (exact) mass is 328 g/mol. The summed E-state index contributed by atoms with van der Waals surface area (Å²) in [6.07, 6.45) is 1.69. The second kappa shape index (κ2) is 5.92. The number of carbonyl (C=O) groups excluding carboxylic acids is 2. The van der Waals surface area contributed by atoms with Crippen molar-refractivity contribution in [2.75, 3.05) is 24.7 Å². The standard InChI is InChI=1S/C17H16N2O5/c20-16-8-11(18-17(21)14-2-1-5-22-14)10-19(16)12-3-4-13-15(9-12)24-7-6-23-13/h1-5,9,11H,6-8,10H2,(H,18,21)/t11-/m1/s1. The number of hydrogen-bond donors (Lipinski definition) is 1. The third kappa shape index (κ3) is 2.68. The average Bonchev–Trinajstić information content (AvgIpc) is 3.24. The molecule has 2 aromatic rings. The number of carbonyl (C=O) groups is 2. The van der Waals surface area contributed by atoms with E-state index in [0.717, 1.165) is 5.69 Å². The van der Waals surface area contributed by atoms with Gasteiger partial charge in [0.2, 0.25) is 5.91 Å². The van der Waals surface area contributed by atoms with Crippen molar-refractivity contribution in [1.29, 1.82) is 0 Å². The zero-order valence-corrected chi connectivity index (χ0v) is 12.9. The van der Waals surface area contributed by atoms with Crippen LogP contribution in [0.3, 0.4) is 0 Å². The molecule has 1 N–H and O–H groups in total. The normalized spacial score (nSPS) is 19.4. The molecule has 1 atom stereocenters. The molecule has 7 heteroatoms. The minimum Gasteiger partial charge on any atom is -0.486 e. The molecule has 4 rings (SSSR count). The lowest BCUT2D eigenvalue weighted by molar-refractivity contribution is -0.117. The van der Waals surface area contributed by atoms with E-state index in [-0.39, 0.29) is 30.0 Å². The predicted molar refractivity (Wildman–Crippen MR) is 84.4 cm³/mol. The van der Waals surface area contributed by atoms with Crippen LogP contribution in [0.15, 0.2) is 41.0 Å². The maximum Gasteiger partial charge on any atom is 0.287 e. The molecular formula is C17H16N2O5. The number of ether oxygens (including phenoxy) is 2. The third-order valence-electron chi connectivity index (χ3n) is 4.04. The van der Waals surface area contributed by atoms with Crippen LogP contribution >= 0.6 is 0 Å². The van der Waals surface area contributed by atoms with E-state index in [0.29, 0.717) is 31.3 Å². The predicted octanol–water partition coefficient (Wildman–Crippen LogP) is 1.59. The van der Waals surface area contributed by atoms with Crippen LogP contribution in [-0.2, 0) is 4.79 Å². The van der Waals surface area contributed by atoms with Crippen LogP contribution in [0.25, 0.3) is 0 Å². The first kappa shape index (κ1) is 14.6. The Labute approximate surface area is 138 Å². The van der Waals surface area contributed by atoms with Crippen molar-refractivity contribution < 1.29 is 23.5 Å². The lowest BCUT2D eigenvalue weighted by atomic mass is 10.2. The molecule has 1 aromatic carbocycles. The summed E-state index contributed by atoms with van der Waals surface area (Å²) in [5.41, 5.74) is 0.735. The second-order valence-electron chi connectivity index (χ2n) is 5.68. The zero-order chi connectivity index (χ0) is 16.5. The maximum atomic E-state index is 12.3. The van der Waals surface area contributed by atoms with Gasteiger partial charge in [0.15, 0.2) is 17.3 Å². The van der Waals surface area contributed by atoms with Gasteiger partial charge in [-0.3, -0.25) is 9.59 Å². The summed E-state index contributed by atoms with van der Waals surface area (Å²) in [5.74, 6) is 1.19. The summed E-state index contributed by atoms with van der Waals surface area (Å²) >= 11 is 0. The Bertz CT molecular complexity index is 771. The molecular weight excluding hydrogens is 312 g/mol. The molecule has 0 radical (unpaired) electrons. The van der Waals surface area contributed by atoms with Crippen LogP contribution in [0.2, 0.25) is 0 Å². The molecule has 0 unspecified atom stereocenters. The first-order chi connectivity index (χ1) is 11.7. The van der Waals surface area contributed by atoms with Gasteiger partial charge < -0.3 is 24.1 Å². The number of fused-ring (bicyclic) bond motifs is 1. The SMILES string of the molecule is O=C(N[C@@H]1CC(=O)N(c2ccc3c(c2)OCCO3)C1)c1ccco1. The van der Waals surface area contributed by atoms with Gasteiger partial charge in [-0.2, -0.15) is 0 Å². The molecule has 24 heavy (non-hydrogen) atoms. The number of hydrogen-bond acceptors (Lipinski definition) is 5. The van der Waals surface area contributed by atoms with Gasteiger partial charge in [-0.25, -0.2) is 0 Å². The third-order valence-corrected chi connectivity index (χ3v) is 4.04. The van der Waals surface area contributed by atoms with E-state index in [1.807, 2.05) is 6.07 Å². The van der Waals surface area contributed by atoms with Crippen LogP contribution < -0.4 is 19.7 Å². The zero-order valence-electron chi connectivity index (χ0n) is 12.9. The summed E-state index contributed by atoms with van der Waals surface area (Å²) in [7, 11) is 0. The van der Waals surface area contributed by atoms with E-state index >= 15 is 0 Å². The molecule has 7 nitrogen and oxygen atoms in total. The molecule has 2 amide bonds. The first-order valence-corrected chi connectivity index (χ1v) is 7.75. The van der Waals surface area contributed by atoms with Crippen molar-refractivity contribution in [2.45, 2.75) is 12.5 Å². The van der Waals surface area contributed by atoms with Gasteiger partial charge >= 0.3 is 0 Å². The molecule has 1 fully saturated rings. The molecule has 1 aromatic heterocycles. The van der Waals surface area contributed by atoms with Crippen LogP contribution in [0.5, 0.6) is 11.5 Å². The molecule has 2 aliphatic heterocycles. The lowest BCUT2D eigenvalue weighted by Gasteiger charge is -2.22. The van der Waals surface area contributed by atoms with Gasteiger partial charge in [0.05, 0.1) is 12.3 Å². The number of rotatable bonds is 3. The van der Waals surface area contributed by atoms with Crippen molar-refractivity contribution in [3.8, 4) is 11.5 Å². The Hall–Kier alpha value is -2.96. The molecule has 124 valence electrons. The Balaban J connectivity index is 1.47. The summed E-state index contributed by atoms with van der Waals surface area (Å²) in [4.78, 5) is 26.0. The Kier molecular flexibility index (Phi) is 3.60. The van der Waals surface area contributed by atoms with E-state index in [1.165, 1.54) is 6.26 Å². The minimum atomic E-state index is -0.318. The second-order valence-corrected chi connectivity index (χ2v) is 5.68. The Morgan fingerprint density at radius 1 is 1.17 bits per heavy atom. The number of benzene rings is 1. The van der Waals surface area contributed by atoms with Gasteiger partial charge in [-0.1, -0.05) is 0 Å². The van der Waals surface area contributed by atoms with Crippen molar-refractivity contribution in [3.63, 3.8) is 0 Å². The Morgan fingerprint density at radius 2 is 2.00 bits per heavy atom. The van der Waals surface area contributed by atoms with E-state index in [1.54, 1.807) is 29.2 Å². The van der Waals surface area contributed by atoms with Gasteiger partial charge in [-0.15, -0.1) is 0 Å². The number of nitrogens with zero attached hydrogens (tertiary/aromatic N) is 1. The fourth-order valence-corrected chi connectivity index (χ4v) is 2.92.